The van der Waals surface area contributed by atoms with E-state index in [0.29, 0.717) is 5.75 Å². The molecule has 1 aromatic rings. The molecule has 0 aliphatic heterocycles. The van der Waals surface area contributed by atoms with Crippen molar-refractivity contribution in [3.05, 3.63) is 23.2 Å². The Bertz CT molecular complexity index is 490. The van der Waals surface area contributed by atoms with Gasteiger partial charge in [-0.2, -0.15) is 0 Å². The zero-order chi connectivity index (χ0) is 13.1. The molecule has 96 valence electrons. The fraction of sp³-hybridized carbons (Fsp3) is 0.400. The Hall–Kier alpha value is -0.820. The molecule has 0 heterocycles. The van der Waals surface area contributed by atoms with Crippen LogP contribution in [0.3, 0.4) is 0 Å². The van der Waals surface area contributed by atoms with Crippen LogP contribution in [0.25, 0.3) is 0 Å². The van der Waals surface area contributed by atoms with Crippen LogP contribution in [0.1, 0.15) is 6.92 Å². The van der Waals surface area contributed by atoms with Gasteiger partial charge in [0.2, 0.25) is 10.0 Å². The first-order chi connectivity index (χ1) is 7.90. The predicted octanol–water partition coefficient (Wildman–Crippen LogP) is 0.974. The fourth-order valence-electron chi connectivity index (χ4n) is 1.20. The summed E-state index contributed by atoms with van der Waals surface area (Å²) in [6.45, 7) is 1.91. The summed E-state index contributed by atoms with van der Waals surface area (Å²) < 4.78 is 31.2. The van der Waals surface area contributed by atoms with E-state index in [-0.39, 0.29) is 22.5 Å². The highest BCUT2D eigenvalue weighted by atomic mass is 35.5. The van der Waals surface area contributed by atoms with Crippen LogP contribution >= 0.6 is 11.6 Å². The number of hydrogen-bond acceptors (Lipinski definition) is 4. The second-order valence-corrected chi connectivity index (χ2v) is 5.68. The Kier molecular flexibility index (Phi) is 4.76. The molecule has 0 bridgehead atoms. The van der Waals surface area contributed by atoms with Gasteiger partial charge in [-0.25, -0.2) is 13.1 Å². The van der Waals surface area contributed by atoms with Gasteiger partial charge in [0.15, 0.2) is 0 Å². The minimum Gasteiger partial charge on any atom is -0.495 e. The number of halogens is 1. The van der Waals surface area contributed by atoms with Gasteiger partial charge in [-0.15, -0.1) is 0 Å². The van der Waals surface area contributed by atoms with Gasteiger partial charge in [0.1, 0.15) is 5.75 Å². The molecule has 17 heavy (non-hydrogen) atoms. The Morgan fingerprint density at radius 1 is 1.53 bits per heavy atom. The van der Waals surface area contributed by atoms with E-state index in [2.05, 4.69) is 4.72 Å². The first kappa shape index (κ1) is 14.2. The number of benzene rings is 1. The maximum atomic E-state index is 11.9. The number of ether oxygens (including phenoxy) is 1. The van der Waals surface area contributed by atoms with Crippen molar-refractivity contribution in [2.75, 3.05) is 13.7 Å². The summed E-state index contributed by atoms with van der Waals surface area (Å²) >= 11 is 5.86. The van der Waals surface area contributed by atoms with Crippen LogP contribution in [0, 0.1) is 0 Å². The van der Waals surface area contributed by atoms with Crippen LogP contribution in [0.15, 0.2) is 23.1 Å². The van der Waals surface area contributed by atoms with Gasteiger partial charge < -0.3 is 10.5 Å². The van der Waals surface area contributed by atoms with E-state index in [0.717, 1.165) is 0 Å². The van der Waals surface area contributed by atoms with Crippen molar-refractivity contribution in [3.63, 3.8) is 0 Å². The molecule has 0 radical (unpaired) electrons. The zero-order valence-electron chi connectivity index (χ0n) is 9.60. The highest BCUT2D eigenvalue weighted by Crippen LogP contribution is 2.26. The highest BCUT2D eigenvalue weighted by molar-refractivity contribution is 7.89. The lowest BCUT2D eigenvalue weighted by Gasteiger charge is -2.12. The average Bonchev–Trinajstić information content (AvgIpc) is 2.28. The molecule has 0 aromatic heterocycles. The zero-order valence-corrected chi connectivity index (χ0v) is 11.2. The third-order valence-electron chi connectivity index (χ3n) is 2.14. The topological polar surface area (TPSA) is 81.4 Å². The number of nitrogens with two attached hydrogens (primary N) is 1. The predicted molar refractivity (Wildman–Crippen MR) is 66.8 cm³/mol. The Morgan fingerprint density at radius 3 is 2.65 bits per heavy atom. The molecule has 0 amide bonds. The van der Waals surface area contributed by atoms with E-state index in [9.17, 15) is 8.42 Å². The van der Waals surface area contributed by atoms with Crippen LogP contribution in [0.5, 0.6) is 5.75 Å². The molecule has 0 fully saturated rings. The van der Waals surface area contributed by atoms with E-state index in [1.165, 1.54) is 25.3 Å². The van der Waals surface area contributed by atoms with E-state index in [1.807, 2.05) is 0 Å². The lowest BCUT2D eigenvalue weighted by molar-refractivity contribution is 0.414. The molecule has 0 saturated heterocycles. The van der Waals surface area contributed by atoms with Crippen LogP contribution < -0.4 is 15.2 Å². The maximum Gasteiger partial charge on any atom is 0.240 e. The number of methoxy groups -OCH3 is 1. The lowest BCUT2D eigenvalue weighted by atomic mass is 10.3. The molecular weight excluding hydrogens is 264 g/mol. The normalized spacial score (nSPS) is 13.4. The lowest BCUT2D eigenvalue weighted by Crippen LogP contribution is -2.37. The molecule has 0 aliphatic rings. The van der Waals surface area contributed by atoms with E-state index in [4.69, 9.17) is 22.1 Å². The molecular formula is C10H15ClN2O3S. The summed E-state index contributed by atoms with van der Waals surface area (Å²) in [5.74, 6) is 0.428. The summed E-state index contributed by atoms with van der Waals surface area (Å²) in [7, 11) is -2.13. The second-order valence-electron chi connectivity index (χ2n) is 3.55. The first-order valence-electron chi connectivity index (χ1n) is 4.96. The summed E-state index contributed by atoms with van der Waals surface area (Å²) in [6.07, 6.45) is 0. The van der Waals surface area contributed by atoms with Gasteiger partial charge in [-0.05, 0) is 25.1 Å². The SMILES string of the molecule is COc1ccc(S(=O)(=O)N[C@H](C)CN)cc1Cl. The highest BCUT2D eigenvalue weighted by Gasteiger charge is 2.17. The van der Waals surface area contributed by atoms with Gasteiger partial charge in [0.05, 0.1) is 17.0 Å². The molecule has 3 N–H and O–H groups in total. The van der Waals surface area contributed by atoms with Crippen LogP contribution in [0.4, 0.5) is 0 Å². The molecule has 0 saturated carbocycles. The standard InChI is InChI=1S/C10H15ClN2O3S/c1-7(6-12)13-17(14,15)8-3-4-10(16-2)9(11)5-8/h3-5,7,13H,6,12H2,1-2H3/t7-/m1/s1. The van der Waals surface area contributed by atoms with Crippen LogP contribution in [0.2, 0.25) is 5.02 Å². The summed E-state index contributed by atoms with van der Waals surface area (Å²) in [4.78, 5) is 0.0867. The van der Waals surface area contributed by atoms with Gasteiger partial charge in [-0.1, -0.05) is 11.6 Å². The third kappa shape index (κ3) is 3.57. The molecule has 1 rings (SSSR count). The maximum absolute atomic E-state index is 11.9. The van der Waals surface area contributed by atoms with Gasteiger partial charge in [-0.3, -0.25) is 0 Å². The van der Waals surface area contributed by atoms with Crippen molar-refractivity contribution in [2.24, 2.45) is 5.73 Å². The molecule has 0 unspecified atom stereocenters. The fourth-order valence-corrected chi connectivity index (χ4v) is 2.80. The monoisotopic (exact) mass is 278 g/mol. The Balaban J connectivity index is 3.04. The molecule has 1 atom stereocenters. The smallest absolute Gasteiger partial charge is 0.240 e. The van der Waals surface area contributed by atoms with Crippen molar-refractivity contribution in [3.8, 4) is 5.75 Å². The number of nitrogens with one attached hydrogen (secondary N) is 1. The van der Waals surface area contributed by atoms with Gasteiger partial charge in [0, 0.05) is 12.6 Å². The summed E-state index contributed by atoms with van der Waals surface area (Å²) in [6, 6.07) is 3.94. The van der Waals surface area contributed by atoms with Crippen molar-refractivity contribution in [1.82, 2.24) is 4.72 Å². The van der Waals surface area contributed by atoms with E-state index in [1.54, 1.807) is 6.92 Å². The number of hydrogen-bond donors (Lipinski definition) is 2. The van der Waals surface area contributed by atoms with Crippen molar-refractivity contribution in [2.45, 2.75) is 17.9 Å². The Labute approximate surface area is 106 Å². The van der Waals surface area contributed by atoms with Crippen molar-refractivity contribution >= 4 is 21.6 Å². The quantitative estimate of drug-likeness (QED) is 0.841. The average molecular weight is 279 g/mol. The van der Waals surface area contributed by atoms with E-state index < -0.39 is 10.0 Å². The third-order valence-corrected chi connectivity index (χ3v) is 4.03. The number of rotatable bonds is 5. The van der Waals surface area contributed by atoms with Crippen LogP contribution in [-0.4, -0.2) is 28.1 Å². The number of sulfonamides is 1. The molecule has 0 aliphatic carbocycles. The minimum atomic E-state index is -3.59. The summed E-state index contributed by atoms with van der Waals surface area (Å²) in [5.41, 5.74) is 5.36. The molecule has 1 aromatic carbocycles. The minimum absolute atomic E-state index is 0.0867. The van der Waals surface area contributed by atoms with E-state index >= 15 is 0 Å². The Morgan fingerprint density at radius 2 is 2.18 bits per heavy atom. The van der Waals surface area contributed by atoms with Crippen molar-refractivity contribution in [1.29, 1.82) is 0 Å². The molecule has 5 nitrogen and oxygen atoms in total. The molecule has 0 spiro atoms. The van der Waals surface area contributed by atoms with Crippen molar-refractivity contribution < 1.29 is 13.2 Å². The molecule has 7 heteroatoms. The van der Waals surface area contributed by atoms with Gasteiger partial charge >= 0.3 is 0 Å². The summed E-state index contributed by atoms with van der Waals surface area (Å²) in [5, 5.41) is 0.246. The second kappa shape index (κ2) is 5.68. The van der Waals surface area contributed by atoms with Crippen LogP contribution in [-0.2, 0) is 10.0 Å². The van der Waals surface area contributed by atoms with Gasteiger partial charge in [0.25, 0.3) is 0 Å². The largest absolute Gasteiger partial charge is 0.495 e. The first-order valence-corrected chi connectivity index (χ1v) is 6.82.